The van der Waals surface area contributed by atoms with Gasteiger partial charge in [0.05, 0.1) is 0 Å². The highest BCUT2D eigenvalue weighted by Crippen LogP contribution is 2.23. The van der Waals surface area contributed by atoms with Crippen LogP contribution in [0.2, 0.25) is 0 Å². The third-order valence-corrected chi connectivity index (χ3v) is 3.09. The molecule has 6 heteroatoms. The fourth-order valence-electron chi connectivity index (χ4n) is 1.92. The van der Waals surface area contributed by atoms with Gasteiger partial charge in [-0.25, -0.2) is 4.79 Å². The molecule has 0 spiro atoms. The number of Topliss-reactive ketones (excluding diaryl/α,β-unsaturated/α-hetero) is 1. The van der Waals surface area contributed by atoms with E-state index in [2.05, 4.69) is 5.32 Å². The number of hydrogen-bond donors (Lipinski definition) is 1. The largest absolute Gasteiger partial charge is 0.450 e. The van der Waals surface area contributed by atoms with Crippen molar-refractivity contribution in [3.05, 3.63) is 47.7 Å². The average Bonchev–Trinajstić information content (AvgIpc) is 3.03. The van der Waals surface area contributed by atoms with Crippen LogP contribution in [-0.4, -0.2) is 30.8 Å². The predicted molar refractivity (Wildman–Crippen MR) is 83.1 cm³/mol. The summed E-state index contributed by atoms with van der Waals surface area (Å²) in [7, 11) is 0. The SMILES string of the molecule is CCNC(=O)COC(=O)c1ccc(-c2ccc(C(C)=O)cc2)o1. The number of ether oxygens (including phenoxy) is 1. The summed E-state index contributed by atoms with van der Waals surface area (Å²) in [6.45, 7) is 3.38. The maximum Gasteiger partial charge on any atom is 0.374 e. The average molecular weight is 315 g/mol. The molecule has 0 fully saturated rings. The molecule has 120 valence electrons. The van der Waals surface area contributed by atoms with Crippen molar-refractivity contribution in [2.24, 2.45) is 0 Å². The van der Waals surface area contributed by atoms with Crippen LogP contribution in [0.5, 0.6) is 0 Å². The number of nitrogens with one attached hydrogen (secondary N) is 1. The second-order valence-corrected chi connectivity index (χ2v) is 4.83. The smallest absolute Gasteiger partial charge is 0.374 e. The van der Waals surface area contributed by atoms with Crippen LogP contribution >= 0.6 is 0 Å². The van der Waals surface area contributed by atoms with Gasteiger partial charge < -0.3 is 14.5 Å². The number of carbonyl (C=O) groups excluding carboxylic acids is 3. The molecule has 23 heavy (non-hydrogen) atoms. The highest BCUT2D eigenvalue weighted by molar-refractivity contribution is 5.94. The molecule has 0 aliphatic carbocycles. The number of furan rings is 1. The highest BCUT2D eigenvalue weighted by Gasteiger charge is 2.15. The van der Waals surface area contributed by atoms with Gasteiger partial charge in [-0.3, -0.25) is 9.59 Å². The molecule has 0 saturated carbocycles. The van der Waals surface area contributed by atoms with Crippen LogP contribution in [0.1, 0.15) is 34.8 Å². The summed E-state index contributed by atoms with van der Waals surface area (Å²) in [4.78, 5) is 34.3. The third kappa shape index (κ3) is 4.29. The minimum absolute atomic E-state index is 0.0138. The Hall–Kier alpha value is -2.89. The summed E-state index contributed by atoms with van der Waals surface area (Å²) >= 11 is 0. The van der Waals surface area contributed by atoms with Crippen LogP contribution in [0.25, 0.3) is 11.3 Å². The molecular formula is C17H17NO5. The lowest BCUT2D eigenvalue weighted by molar-refractivity contribution is -0.124. The Morgan fingerprint density at radius 2 is 1.78 bits per heavy atom. The summed E-state index contributed by atoms with van der Waals surface area (Å²) < 4.78 is 10.3. The molecule has 0 atom stereocenters. The molecule has 0 unspecified atom stereocenters. The van der Waals surface area contributed by atoms with Gasteiger partial charge >= 0.3 is 5.97 Å². The summed E-state index contributed by atoms with van der Waals surface area (Å²) in [6.07, 6.45) is 0. The minimum atomic E-state index is -0.706. The van der Waals surface area contributed by atoms with E-state index in [-0.39, 0.29) is 24.1 Å². The van der Waals surface area contributed by atoms with Gasteiger partial charge in [0.25, 0.3) is 5.91 Å². The predicted octanol–water partition coefficient (Wildman–Crippen LogP) is 2.44. The van der Waals surface area contributed by atoms with Crippen LogP contribution in [-0.2, 0) is 9.53 Å². The first-order valence-corrected chi connectivity index (χ1v) is 7.16. The van der Waals surface area contributed by atoms with E-state index in [1.165, 1.54) is 13.0 Å². The fourth-order valence-corrected chi connectivity index (χ4v) is 1.92. The molecule has 1 aromatic heterocycles. The zero-order valence-corrected chi connectivity index (χ0v) is 12.9. The molecule has 1 N–H and O–H groups in total. The van der Waals surface area contributed by atoms with Crippen molar-refractivity contribution < 1.29 is 23.5 Å². The lowest BCUT2D eigenvalue weighted by Gasteiger charge is -2.03. The lowest BCUT2D eigenvalue weighted by Crippen LogP contribution is -2.28. The van der Waals surface area contributed by atoms with Crippen LogP contribution in [0.3, 0.4) is 0 Å². The Labute approximate surface area is 133 Å². The van der Waals surface area contributed by atoms with E-state index >= 15 is 0 Å². The first-order valence-electron chi connectivity index (χ1n) is 7.16. The molecule has 1 amide bonds. The van der Waals surface area contributed by atoms with Crippen LogP contribution in [0.15, 0.2) is 40.8 Å². The van der Waals surface area contributed by atoms with Crippen LogP contribution in [0.4, 0.5) is 0 Å². The molecule has 2 aromatic rings. The molecule has 1 heterocycles. The topological polar surface area (TPSA) is 85.6 Å². The highest BCUT2D eigenvalue weighted by atomic mass is 16.5. The summed E-state index contributed by atoms with van der Waals surface area (Å²) in [5, 5.41) is 2.52. The van der Waals surface area contributed by atoms with Gasteiger partial charge in [0.1, 0.15) is 5.76 Å². The monoisotopic (exact) mass is 315 g/mol. The Bertz CT molecular complexity index is 715. The van der Waals surface area contributed by atoms with E-state index in [0.29, 0.717) is 17.9 Å². The van der Waals surface area contributed by atoms with Gasteiger partial charge in [-0.2, -0.15) is 0 Å². The second kappa shape index (κ2) is 7.40. The van der Waals surface area contributed by atoms with Gasteiger partial charge in [-0.05, 0) is 26.0 Å². The lowest BCUT2D eigenvalue weighted by atomic mass is 10.1. The zero-order chi connectivity index (χ0) is 16.8. The summed E-state index contributed by atoms with van der Waals surface area (Å²) in [5.74, 6) is -0.606. The Morgan fingerprint density at radius 3 is 2.39 bits per heavy atom. The van der Waals surface area contributed by atoms with Gasteiger partial charge in [0.2, 0.25) is 5.76 Å². The van der Waals surface area contributed by atoms with Crippen molar-refractivity contribution in [1.82, 2.24) is 5.32 Å². The molecule has 0 bridgehead atoms. The molecule has 0 saturated heterocycles. The standard InChI is InChI=1S/C17H17NO5/c1-3-18-16(20)10-22-17(21)15-9-8-14(23-15)13-6-4-12(5-7-13)11(2)19/h4-9H,3,10H2,1-2H3,(H,18,20). The quantitative estimate of drug-likeness (QED) is 0.653. The van der Waals surface area contributed by atoms with Crippen molar-refractivity contribution in [2.75, 3.05) is 13.2 Å². The van der Waals surface area contributed by atoms with Gasteiger partial charge in [-0.1, -0.05) is 24.3 Å². The summed E-state index contributed by atoms with van der Waals surface area (Å²) in [6, 6.07) is 9.96. The van der Waals surface area contributed by atoms with Crippen molar-refractivity contribution in [2.45, 2.75) is 13.8 Å². The number of hydrogen-bond acceptors (Lipinski definition) is 5. The van der Waals surface area contributed by atoms with Crippen molar-refractivity contribution >= 4 is 17.7 Å². The fraction of sp³-hybridized carbons (Fsp3) is 0.235. The van der Waals surface area contributed by atoms with Crippen molar-refractivity contribution in [3.8, 4) is 11.3 Å². The molecule has 0 aliphatic heterocycles. The number of ketones is 1. The van der Waals surface area contributed by atoms with E-state index in [1.807, 2.05) is 0 Å². The molecule has 1 aromatic carbocycles. The maximum atomic E-state index is 11.8. The first kappa shape index (κ1) is 16.5. The number of esters is 1. The second-order valence-electron chi connectivity index (χ2n) is 4.83. The van der Waals surface area contributed by atoms with Crippen LogP contribution in [0, 0.1) is 0 Å². The molecule has 0 aliphatic rings. The maximum absolute atomic E-state index is 11.8. The van der Waals surface area contributed by atoms with E-state index in [1.54, 1.807) is 37.3 Å². The Kier molecular flexibility index (Phi) is 5.30. The number of benzene rings is 1. The van der Waals surface area contributed by atoms with Crippen molar-refractivity contribution in [1.29, 1.82) is 0 Å². The van der Waals surface area contributed by atoms with E-state index < -0.39 is 5.97 Å². The van der Waals surface area contributed by atoms with E-state index in [4.69, 9.17) is 9.15 Å². The Morgan fingerprint density at radius 1 is 1.09 bits per heavy atom. The molecule has 0 radical (unpaired) electrons. The van der Waals surface area contributed by atoms with Crippen molar-refractivity contribution in [3.63, 3.8) is 0 Å². The number of likely N-dealkylation sites (N-methyl/N-ethyl adjacent to an activating group) is 1. The summed E-state index contributed by atoms with van der Waals surface area (Å²) in [5.41, 5.74) is 1.33. The first-order chi connectivity index (χ1) is 11.0. The number of carbonyl (C=O) groups is 3. The third-order valence-electron chi connectivity index (χ3n) is 3.09. The molecule has 2 rings (SSSR count). The Balaban J connectivity index is 2.03. The van der Waals surface area contributed by atoms with Gasteiger partial charge in [0.15, 0.2) is 12.4 Å². The van der Waals surface area contributed by atoms with E-state index in [0.717, 1.165) is 5.56 Å². The zero-order valence-electron chi connectivity index (χ0n) is 12.9. The van der Waals surface area contributed by atoms with Crippen LogP contribution < -0.4 is 5.32 Å². The van der Waals surface area contributed by atoms with Gasteiger partial charge in [-0.15, -0.1) is 0 Å². The molecular weight excluding hydrogens is 298 g/mol. The molecule has 6 nitrogen and oxygen atoms in total. The minimum Gasteiger partial charge on any atom is -0.450 e. The number of amides is 1. The number of rotatable bonds is 6. The van der Waals surface area contributed by atoms with E-state index in [9.17, 15) is 14.4 Å². The normalized spacial score (nSPS) is 10.2. The van der Waals surface area contributed by atoms with Gasteiger partial charge in [0, 0.05) is 17.7 Å².